The van der Waals surface area contributed by atoms with Gasteiger partial charge in [-0.3, -0.25) is 5.43 Å². The molecule has 2 aromatic rings. The van der Waals surface area contributed by atoms with Crippen LogP contribution in [0.1, 0.15) is 5.56 Å². The summed E-state index contributed by atoms with van der Waals surface area (Å²) in [5, 5.41) is 3.49. The molecule has 0 fully saturated rings. The first-order chi connectivity index (χ1) is 12.3. The van der Waals surface area contributed by atoms with E-state index in [1.165, 1.54) is 33.5 Å². The summed E-state index contributed by atoms with van der Waals surface area (Å²) in [7, 11) is 4.16. The molecule has 0 radical (unpaired) electrons. The maximum Gasteiger partial charge on any atom is 0.203 e. The fraction of sp³-hybridized carbons (Fsp3) is 0.188. The normalized spacial score (nSPS) is 10.9. The number of nitrogens with zero attached hydrogens (tertiary/aromatic N) is 1. The molecule has 1 N–H and O–H groups in total. The van der Waals surface area contributed by atoms with Gasteiger partial charge in [0.25, 0.3) is 0 Å². The van der Waals surface area contributed by atoms with Crippen LogP contribution >= 0.6 is 0 Å². The number of ether oxygens (including phenoxy) is 3. The summed E-state index contributed by atoms with van der Waals surface area (Å²) in [5.74, 6) is -9.58. The van der Waals surface area contributed by atoms with Gasteiger partial charge in [0.2, 0.25) is 11.6 Å². The van der Waals surface area contributed by atoms with Crippen LogP contribution < -0.4 is 19.6 Å². The van der Waals surface area contributed by atoms with Crippen molar-refractivity contribution < 1.29 is 36.2 Å². The van der Waals surface area contributed by atoms with E-state index in [1.54, 1.807) is 5.43 Å². The quantitative estimate of drug-likeness (QED) is 0.274. The molecule has 0 amide bonds. The highest BCUT2D eigenvalue weighted by Crippen LogP contribution is 2.37. The maximum atomic E-state index is 13.6. The van der Waals surface area contributed by atoms with Crippen molar-refractivity contribution in [2.24, 2.45) is 5.10 Å². The van der Waals surface area contributed by atoms with Crippen molar-refractivity contribution in [2.45, 2.75) is 0 Å². The second-order valence-electron chi connectivity index (χ2n) is 4.77. The van der Waals surface area contributed by atoms with Crippen LogP contribution in [0.2, 0.25) is 0 Å². The third-order valence-corrected chi connectivity index (χ3v) is 3.29. The zero-order valence-electron chi connectivity index (χ0n) is 13.8. The molecule has 0 bridgehead atoms. The van der Waals surface area contributed by atoms with Crippen LogP contribution in [0, 0.1) is 29.1 Å². The van der Waals surface area contributed by atoms with E-state index in [4.69, 9.17) is 14.2 Å². The SMILES string of the molecule is COc1cc(C=NNc2c(F)c(F)c(F)c(F)c2F)cc(OC)c1OC. The number of benzene rings is 2. The molecule has 0 aliphatic rings. The lowest BCUT2D eigenvalue weighted by molar-refractivity contribution is 0.324. The van der Waals surface area contributed by atoms with E-state index < -0.39 is 34.8 Å². The van der Waals surface area contributed by atoms with Gasteiger partial charge in [-0.15, -0.1) is 0 Å². The molecule has 2 aromatic carbocycles. The van der Waals surface area contributed by atoms with Gasteiger partial charge in [0.15, 0.2) is 34.8 Å². The highest BCUT2D eigenvalue weighted by atomic mass is 19.2. The second-order valence-corrected chi connectivity index (χ2v) is 4.77. The molecule has 0 atom stereocenters. The first kappa shape index (κ1) is 19.3. The highest BCUT2D eigenvalue weighted by Gasteiger charge is 2.25. The predicted molar refractivity (Wildman–Crippen MR) is 83.5 cm³/mol. The van der Waals surface area contributed by atoms with E-state index in [0.29, 0.717) is 11.3 Å². The van der Waals surface area contributed by atoms with Crippen molar-refractivity contribution >= 4 is 11.9 Å². The second kappa shape index (κ2) is 7.89. The monoisotopic (exact) mass is 376 g/mol. The van der Waals surface area contributed by atoms with Gasteiger partial charge in [0.1, 0.15) is 5.69 Å². The van der Waals surface area contributed by atoms with Crippen LogP contribution in [-0.4, -0.2) is 27.5 Å². The summed E-state index contributed by atoms with van der Waals surface area (Å²) >= 11 is 0. The van der Waals surface area contributed by atoms with Crippen LogP contribution in [0.3, 0.4) is 0 Å². The predicted octanol–water partition coefficient (Wildman–Crippen LogP) is 3.85. The van der Waals surface area contributed by atoms with E-state index in [0.717, 1.165) is 6.21 Å². The Morgan fingerprint density at radius 1 is 0.769 bits per heavy atom. The molecule has 0 aliphatic heterocycles. The molecule has 0 aliphatic carbocycles. The molecule has 140 valence electrons. The number of anilines is 1. The Bertz CT molecular complexity index is 804. The number of halogens is 5. The molecule has 26 heavy (non-hydrogen) atoms. The fourth-order valence-electron chi connectivity index (χ4n) is 2.05. The van der Waals surface area contributed by atoms with Crippen LogP contribution in [-0.2, 0) is 0 Å². The summed E-state index contributed by atoms with van der Waals surface area (Å²) in [6.45, 7) is 0. The van der Waals surface area contributed by atoms with Crippen molar-refractivity contribution in [1.82, 2.24) is 0 Å². The van der Waals surface area contributed by atoms with Gasteiger partial charge in [-0.05, 0) is 12.1 Å². The van der Waals surface area contributed by atoms with Gasteiger partial charge < -0.3 is 14.2 Å². The lowest BCUT2D eigenvalue weighted by Crippen LogP contribution is -2.06. The van der Waals surface area contributed by atoms with Crippen molar-refractivity contribution in [2.75, 3.05) is 26.8 Å². The van der Waals surface area contributed by atoms with Gasteiger partial charge in [-0.2, -0.15) is 5.10 Å². The molecule has 0 unspecified atom stereocenters. The lowest BCUT2D eigenvalue weighted by Gasteiger charge is -2.12. The molecule has 0 saturated heterocycles. The third-order valence-electron chi connectivity index (χ3n) is 3.29. The Balaban J connectivity index is 2.35. The summed E-state index contributed by atoms with van der Waals surface area (Å²) in [6, 6.07) is 2.93. The summed E-state index contributed by atoms with van der Waals surface area (Å²) in [6.07, 6.45) is 1.07. The van der Waals surface area contributed by atoms with Crippen LogP contribution in [0.5, 0.6) is 17.2 Å². The molecular formula is C16H13F5N2O3. The number of hydrogen-bond acceptors (Lipinski definition) is 5. The molecule has 0 saturated carbocycles. The Labute approximate surface area is 145 Å². The molecule has 10 heteroatoms. The van der Waals surface area contributed by atoms with Crippen molar-refractivity contribution in [3.63, 3.8) is 0 Å². The Kier molecular flexibility index (Phi) is 5.86. The highest BCUT2D eigenvalue weighted by molar-refractivity contribution is 5.83. The number of hydrogen-bond donors (Lipinski definition) is 1. The van der Waals surface area contributed by atoms with Crippen LogP contribution in [0.15, 0.2) is 17.2 Å². The molecule has 0 aromatic heterocycles. The average molecular weight is 376 g/mol. The smallest absolute Gasteiger partial charge is 0.203 e. The maximum absolute atomic E-state index is 13.6. The zero-order chi connectivity index (χ0) is 19.4. The Morgan fingerprint density at radius 2 is 1.23 bits per heavy atom. The third kappa shape index (κ3) is 3.48. The van der Waals surface area contributed by atoms with Gasteiger partial charge in [0, 0.05) is 5.56 Å². The van der Waals surface area contributed by atoms with Gasteiger partial charge in [-0.1, -0.05) is 0 Å². The number of hydrazone groups is 1. The van der Waals surface area contributed by atoms with Crippen molar-refractivity contribution in [1.29, 1.82) is 0 Å². The van der Waals surface area contributed by atoms with Gasteiger partial charge in [0.05, 0.1) is 27.5 Å². The standard InChI is InChI=1S/C16H13F5N2O3/c1-24-8-4-7(5-9(25-2)16(8)26-3)6-22-23-15-13(20)11(18)10(17)12(19)14(15)21/h4-6,23H,1-3H3. The summed E-state index contributed by atoms with van der Waals surface area (Å²) < 4.78 is 81.7. The van der Waals surface area contributed by atoms with Crippen LogP contribution in [0.4, 0.5) is 27.6 Å². The van der Waals surface area contributed by atoms with E-state index in [9.17, 15) is 22.0 Å². The number of rotatable bonds is 6. The molecule has 2 rings (SSSR count). The van der Waals surface area contributed by atoms with E-state index in [-0.39, 0.29) is 11.5 Å². The zero-order valence-corrected chi connectivity index (χ0v) is 13.8. The van der Waals surface area contributed by atoms with Gasteiger partial charge in [-0.25, -0.2) is 22.0 Å². The minimum atomic E-state index is -2.25. The van der Waals surface area contributed by atoms with Crippen molar-refractivity contribution in [3.8, 4) is 17.2 Å². The van der Waals surface area contributed by atoms with Crippen LogP contribution in [0.25, 0.3) is 0 Å². The Hall–Kier alpha value is -3.04. The fourth-order valence-corrected chi connectivity index (χ4v) is 2.05. The summed E-state index contributed by atoms with van der Waals surface area (Å²) in [4.78, 5) is 0. The molecule has 0 spiro atoms. The molecule has 5 nitrogen and oxygen atoms in total. The number of methoxy groups -OCH3 is 3. The Morgan fingerprint density at radius 3 is 1.65 bits per heavy atom. The lowest BCUT2D eigenvalue weighted by atomic mass is 10.2. The molecule has 0 heterocycles. The average Bonchev–Trinajstić information content (AvgIpc) is 2.66. The van der Waals surface area contributed by atoms with Crippen molar-refractivity contribution in [3.05, 3.63) is 46.8 Å². The minimum absolute atomic E-state index is 0.282. The van der Waals surface area contributed by atoms with E-state index in [2.05, 4.69) is 5.10 Å². The first-order valence-electron chi connectivity index (χ1n) is 6.96. The topological polar surface area (TPSA) is 52.1 Å². The minimum Gasteiger partial charge on any atom is -0.493 e. The molecular weight excluding hydrogens is 363 g/mol. The van der Waals surface area contributed by atoms with Gasteiger partial charge >= 0.3 is 0 Å². The first-order valence-corrected chi connectivity index (χ1v) is 6.96. The largest absolute Gasteiger partial charge is 0.493 e. The van der Waals surface area contributed by atoms with E-state index >= 15 is 0 Å². The summed E-state index contributed by atoms with van der Waals surface area (Å²) in [5.41, 5.74) is 0.872. The number of nitrogens with one attached hydrogen (secondary N) is 1. The van der Waals surface area contributed by atoms with E-state index in [1.807, 2.05) is 0 Å².